The number of aryl methyl sites for hydroxylation is 1. The minimum absolute atomic E-state index is 0.730. The molecule has 0 aliphatic rings. The van der Waals surface area contributed by atoms with Gasteiger partial charge in [0.1, 0.15) is 5.65 Å². The first kappa shape index (κ1) is 8.26. The summed E-state index contributed by atoms with van der Waals surface area (Å²) in [6, 6.07) is 6.00. The monoisotopic (exact) mass is 175 g/mol. The summed E-state index contributed by atoms with van der Waals surface area (Å²) in [4.78, 5) is 4.46. The molecule has 0 saturated carbocycles. The van der Waals surface area contributed by atoms with Crippen LogP contribution < -0.4 is 5.73 Å². The first-order chi connectivity index (χ1) is 6.40. The van der Waals surface area contributed by atoms with E-state index in [1.54, 1.807) is 0 Å². The predicted molar refractivity (Wildman–Crippen MR) is 52.6 cm³/mol. The lowest BCUT2D eigenvalue weighted by Crippen LogP contribution is -2.00. The zero-order valence-electron chi connectivity index (χ0n) is 7.48. The number of rotatable bonds is 3. The Kier molecular flexibility index (Phi) is 2.27. The Morgan fingerprint density at radius 3 is 3.08 bits per heavy atom. The van der Waals surface area contributed by atoms with Crippen LogP contribution in [0.4, 0.5) is 0 Å². The standard InChI is InChI=1S/C10H13N3/c11-6-3-4-9-8-13-7-2-1-5-10(13)12-9/h1-2,5,7-8H,3-4,6,11H2. The molecule has 3 nitrogen and oxygen atoms in total. The van der Waals surface area contributed by atoms with Crippen LogP contribution in [0.25, 0.3) is 5.65 Å². The molecule has 68 valence electrons. The Morgan fingerprint density at radius 2 is 2.31 bits per heavy atom. The van der Waals surface area contributed by atoms with Crippen molar-refractivity contribution >= 4 is 5.65 Å². The van der Waals surface area contributed by atoms with Gasteiger partial charge in [-0.1, -0.05) is 6.07 Å². The number of aromatic nitrogens is 2. The molecule has 0 aliphatic carbocycles. The molecule has 3 heteroatoms. The third-order valence-corrected chi connectivity index (χ3v) is 2.05. The first-order valence-corrected chi connectivity index (χ1v) is 4.53. The van der Waals surface area contributed by atoms with Gasteiger partial charge in [-0.15, -0.1) is 0 Å². The van der Waals surface area contributed by atoms with Crippen LogP contribution in [0, 0.1) is 0 Å². The van der Waals surface area contributed by atoms with E-state index in [2.05, 4.69) is 11.2 Å². The quantitative estimate of drug-likeness (QED) is 0.762. The van der Waals surface area contributed by atoms with Gasteiger partial charge in [0.2, 0.25) is 0 Å². The molecule has 2 aromatic rings. The van der Waals surface area contributed by atoms with Crippen LogP contribution in [0.15, 0.2) is 30.6 Å². The van der Waals surface area contributed by atoms with Crippen LogP contribution >= 0.6 is 0 Å². The van der Waals surface area contributed by atoms with Crippen molar-refractivity contribution in [3.05, 3.63) is 36.3 Å². The molecular weight excluding hydrogens is 162 g/mol. The van der Waals surface area contributed by atoms with Gasteiger partial charge < -0.3 is 10.1 Å². The van der Waals surface area contributed by atoms with E-state index in [0.29, 0.717) is 0 Å². The van der Waals surface area contributed by atoms with E-state index in [4.69, 9.17) is 5.73 Å². The fourth-order valence-electron chi connectivity index (χ4n) is 1.39. The molecule has 0 aliphatic heterocycles. The highest BCUT2D eigenvalue weighted by Gasteiger charge is 1.98. The van der Waals surface area contributed by atoms with Crippen molar-refractivity contribution in [3.8, 4) is 0 Å². The number of nitrogens with zero attached hydrogens (tertiary/aromatic N) is 2. The summed E-state index contributed by atoms with van der Waals surface area (Å²) in [6.45, 7) is 0.730. The van der Waals surface area contributed by atoms with E-state index < -0.39 is 0 Å². The summed E-state index contributed by atoms with van der Waals surface area (Å²) in [7, 11) is 0. The Balaban J connectivity index is 2.28. The van der Waals surface area contributed by atoms with Crippen molar-refractivity contribution in [1.29, 1.82) is 0 Å². The molecule has 0 unspecified atom stereocenters. The predicted octanol–water partition coefficient (Wildman–Crippen LogP) is 1.23. The Hall–Kier alpha value is -1.35. The zero-order valence-corrected chi connectivity index (χ0v) is 7.48. The second-order valence-electron chi connectivity index (χ2n) is 3.09. The Morgan fingerprint density at radius 1 is 1.38 bits per heavy atom. The highest BCUT2D eigenvalue weighted by atomic mass is 15.0. The molecule has 0 fully saturated rings. The lowest BCUT2D eigenvalue weighted by molar-refractivity contribution is 0.816. The summed E-state index contributed by atoms with van der Waals surface area (Å²) >= 11 is 0. The summed E-state index contributed by atoms with van der Waals surface area (Å²) < 4.78 is 2.03. The van der Waals surface area contributed by atoms with Gasteiger partial charge in [-0.05, 0) is 31.5 Å². The molecule has 0 saturated heterocycles. The largest absolute Gasteiger partial charge is 0.330 e. The highest BCUT2D eigenvalue weighted by Crippen LogP contribution is 2.05. The van der Waals surface area contributed by atoms with Crippen molar-refractivity contribution in [3.63, 3.8) is 0 Å². The van der Waals surface area contributed by atoms with Gasteiger partial charge in [-0.3, -0.25) is 0 Å². The van der Waals surface area contributed by atoms with E-state index in [1.165, 1.54) is 0 Å². The molecule has 0 spiro atoms. The maximum atomic E-state index is 5.44. The van der Waals surface area contributed by atoms with E-state index in [-0.39, 0.29) is 0 Å². The van der Waals surface area contributed by atoms with Crippen LogP contribution in [0.5, 0.6) is 0 Å². The summed E-state index contributed by atoms with van der Waals surface area (Å²) in [6.07, 6.45) is 6.04. The highest BCUT2D eigenvalue weighted by molar-refractivity contribution is 5.39. The molecule has 2 aromatic heterocycles. The van der Waals surface area contributed by atoms with E-state index in [9.17, 15) is 0 Å². The van der Waals surface area contributed by atoms with Gasteiger partial charge in [-0.2, -0.15) is 0 Å². The van der Waals surface area contributed by atoms with E-state index in [1.807, 2.05) is 28.8 Å². The van der Waals surface area contributed by atoms with Crippen LogP contribution in [-0.2, 0) is 6.42 Å². The molecule has 0 amide bonds. The Bertz CT molecular complexity index is 359. The smallest absolute Gasteiger partial charge is 0.136 e. The van der Waals surface area contributed by atoms with Crippen molar-refractivity contribution in [2.75, 3.05) is 6.54 Å². The van der Waals surface area contributed by atoms with Gasteiger partial charge in [0.05, 0.1) is 5.69 Å². The zero-order chi connectivity index (χ0) is 9.10. The fourth-order valence-corrected chi connectivity index (χ4v) is 1.39. The topological polar surface area (TPSA) is 43.3 Å². The van der Waals surface area contributed by atoms with Crippen LogP contribution in [0.3, 0.4) is 0 Å². The lowest BCUT2D eigenvalue weighted by Gasteiger charge is -1.90. The average molecular weight is 175 g/mol. The second kappa shape index (κ2) is 3.58. The summed E-state index contributed by atoms with van der Waals surface area (Å²) in [5.74, 6) is 0. The van der Waals surface area contributed by atoms with E-state index in [0.717, 1.165) is 30.7 Å². The minimum Gasteiger partial charge on any atom is -0.330 e. The molecule has 13 heavy (non-hydrogen) atoms. The van der Waals surface area contributed by atoms with Crippen molar-refractivity contribution in [2.45, 2.75) is 12.8 Å². The Labute approximate surface area is 77.2 Å². The second-order valence-corrected chi connectivity index (χ2v) is 3.09. The molecule has 2 rings (SSSR count). The number of hydrogen-bond acceptors (Lipinski definition) is 2. The van der Waals surface area contributed by atoms with Crippen LogP contribution in [0.2, 0.25) is 0 Å². The SMILES string of the molecule is NCCCc1cn2ccccc2n1. The maximum Gasteiger partial charge on any atom is 0.136 e. The van der Waals surface area contributed by atoms with E-state index >= 15 is 0 Å². The van der Waals surface area contributed by atoms with Gasteiger partial charge in [0, 0.05) is 12.4 Å². The molecule has 0 aromatic carbocycles. The number of fused-ring (bicyclic) bond motifs is 1. The first-order valence-electron chi connectivity index (χ1n) is 4.53. The fraction of sp³-hybridized carbons (Fsp3) is 0.300. The minimum atomic E-state index is 0.730. The number of hydrogen-bond donors (Lipinski definition) is 1. The summed E-state index contributed by atoms with van der Waals surface area (Å²) in [5, 5.41) is 0. The average Bonchev–Trinajstić information content (AvgIpc) is 2.57. The van der Waals surface area contributed by atoms with Crippen LogP contribution in [0.1, 0.15) is 12.1 Å². The number of nitrogens with two attached hydrogens (primary N) is 1. The summed E-state index contributed by atoms with van der Waals surface area (Å²) in [5.41, 5.74) is 7.57. The third-order valence-electron chi connectivity index (χ3n) is 2.05. The molecule has 0 atom stereocenters. The number of imidazole rings is 1. The van der Waals surface area contributed by atoms with Gasteiger partial charge >= 0.3 is 0 Å². The van der Waals surface area contributed by atoms with Gasteiger partial charge in [0.25, 0.3) is 0 Å². The van der Waals surface area contributed by atoms with Gasteiger partial charge in [0.15, 0.2) is 0 Å². The number of pyridine rings is 1. The van der Waals surface area contributed by atoms with Crippen molar-refractivity contribution in [1.82, 2.24) is 9.38 Å². The molecule has 0 bridgehead atoms. The van der Waals surface area contributed by atoms with Crippen LogP contribution in [-0.4, -0.2) is 15.9 Å². The van der Waals surface area contributed by atoms with Gasteiger partial charge in [-0.25, -0.2) is 4.98 Å². The normalized spacial score (nSPS) is 10.8. The third kappa shape index (κ3) is 1.70. The maximum absolute atomic E-state index is 5.44. The van der Waals surface area contributed by atoms with Crippen molar-refractivity contribution < 1.29 is 0 Å². The molecule has 2 heterocycles. The molecule has 0 radical (unpaired) electrons. The molecular formula is C10H13N3. The lowest BCUT2D eigenvalue weighted by atomic mass is 10.2. The van der Waals surface area contributed by atoms with Crippen molar-refractivity contribution in [2.24, 2.45) is 5.73 Å². The molecule has 2 N–H and O–H groups in total.